The molecule has 7 heavy (non-hydrogen) atoms. The van der Waals surface area contributed by atoms with Gasteiger partial charge in [-0.3, -0.25) is 4.79 Å². The normalized spacial score (nSPS) is 2.86. The van der Waals surface area contributed by atoms with Crippen LogP contribution in [0.25, 0.3) is 0 Å². The third-order valence-electron chi connectivity index (χ3n) is 0. The Bertz CT molecular complexity index is 56.3. The molecule has 4 heteroatoms. The maximum atomic E-state index is 8.36. The van der Waals surface area contributed by atoms with Crippen LogP contribution in [0.15, 0.2) is 0 Å². The summed E-state index contributed by atoms with van der Waals surface area (Å²) in [5.74, 6) is 0. The molecule has 0 aliphatic rings. The molecule has 0 aromatic rings. The van der Waals surface area contributed by atoms with Crippen LogP contribution in [0.2, 0.25) is 0 Å². The summed E-state index contributed by atoms with van der Waals surface area (Å²) in [5, 5.41) is 6.89. The average Bonchev–Trinajstić information content (AvgIpc) is 1.39. The van der Waals surface area contributed by atoms with Gasteiger partial charge in [-0.05, 0) is 0 Å². The predicted octanol–water partition coefficient (Wildman–Crippen LogP) is -0.000600. The van der Waals surface area contributed by atoms with E-state index in [9.17, 15) is 0 Å². The van der Waals surface area contributed by atoms with Crippen molar-refractivity contribution in [2.45, 2.75) is 7.43 Å². The number of carboxylic acid groups (broad SMARTS) is 1. The molecule has 0 rings (SSSR count). The van der Waals surface area contributed by atoms with E-state index in [1.165, 1.54) is 0 Å². The first-order valence-electron chi connectivity index (χ1n) is 0.902. The minimum Gasteiger partial charge on any atom is -0.483 e. The van der Waals surface area contributed by atoms with Crippen molar-refractivity contribution in [1.29, 1.82) is 0 Å². The van der Waals surface area contributed by atoms with E-state index in [1.807, 2.05) is 0 Å². The Morgan fingerprint density at radius 2 is 1.57 bits per heavy atom. The predicted molar refractivity (Wildman–Crippen MR) is 22.5 cm³/mol. The van der Waals surface area contributed by atoms with E-state index < -0.39 is 0 Å². The highest BCUT2D eigenvalue weighted by Crippen LogP contribution is 0.966. The van der Waals surface area contributed by atoms with Gasteiger partial charge in [0, 0.05) is 1.43 Å². The second-order valence-electron chi connectivity index (χ2n) is 0.189. The molecule has 0 radical (unpaired) electrons. The summed E-state index contributed by atoms with van der Waals surface area (Å²) < 4.78 is 0. The van der Waals surface area contributed by atoms with Crippen molar-refractivity contribution in [2.24, 2.45) is 0 Å². The molecule has 4 nitrogen and oxygen atoms in total. The topological polar surface area (TPSA) is 71.4 Å². The highest BCUT2D eigenvalue weighted by Gasteiger charge is 1.22. The third kappa shape index (κ3) is 29.8. The Morgan fingerprint density at radius 1 is 1.57 bits per heavy atom. The Hall–Kier alpha value is -1.15. The average molecular weight is 108 g/mol. The van der Waals surface area contributed by atoms with Crippen molar-refractivity contribution < 1.29 is 20.9 Å². The second-order valence-corrected chi connectivity index (χ2v) is 0.189. The van der Waals surface area contributed by atoms with E-state index in [4.69, 9.17) is 19.5 Å². The fourth-order valence-corrected chi connectivity index (χ4v) is 0. The zero-order chi connectivity index (χ0) is 5.41. The number of rotatable bonds is 0. The first-order valence-corrected chi connectivity index (χ1v) is 0.902. The molecular weight excluding hydrogens is 100 g/mol. The van der Waals surface area contributed by atoms with E-state index in [0.717, 1.165) is 0 Å². The van der Waals surface area contributed by atoms with E-state index >= 15 is 0 Å². The van der Waals surface area contributed by atoms with Crippen LogP contribution in [0.1, 0.15) is 8.85 Å². The molecule has 0 aliphatic heterocycles. The van der Waals surface area contributed by atoms with Gasteiger partial charge in [-0.25, -0.2) is 0 Å². The Labute approximate surface area is 42.2 Å². The van der Waals surface area contributed by atoms with Crippen LogP contribution < -0.4 is 0 Å². The van der Waals surface area contributed by atoms with Crippen molar-refractivity contribution in [3.63, 3.8) is 0 Å². The fourth-order valence-electron chi connectivity index (χ4n) is 0. The number of carbonyl (C=O) groups excluding carboxylic acids is 2. The molecular formula is C3H8O4. The summed E-state index contributed by atoms with van der Waals surface area (Å²) in [6.07, 6.45) is 0.250. The fraction of sp³-hybridized carbons (Fsp3) is 0.333. The number of hydrogen-bond donors (Lipinski definition) is 1. The van der Waals surface area contributed by atoms with Crippen LogP contribution >= 0.6 is 0 Å². The highest BCUT2D eigenvalue weighted by atomic mass is 16.3. The van der Waals surface area contributed by atoms with Crippen LogP contribution in [0.5, 0.6) is 0 Å². The number of carbonyl (C=O) groups is 1. The van der Waals surface area contributed by atoms with Crippen molar-refractivity contribution in [3.8, 4) is 0 Å². The molecule has 0 spiro atoms. The lowest BCUT2D eigenvalue weighted by atomic mass is 11.7. The van der Waals surface area contributed by atoms with Crippen molar-refractivity contribution in [1.82, 2.24) is 0 Å². The highest BCUT2D eigenvalue weighted by molar-refractivity contribution is 5.32. The van der Waals surface area contributed by atoms with Gasteiger partial charge in [-0.2, -0.15) is 9.59 Å². The van der Waals surface area contributed by atoms with Gasteiger partial charge in [0.2, 0.25) is 0 Å². The van der Waals surface area contributed by atoms with Crippen LogP contribution in [0.3, 0.4) is 0 Å². The van der Waals surface area contributed by atoms with E-state index in [2.05, 4.69) is 0 Å². The lowest BCUT2D eigenvalue weighted by Gasteiger charge is -1.34. The molecule has 0 fully saturated rings. The van der Waals surface area contributed by atoms with Crippen LogP contribution in [-0.4, -0.2) is 17.7 Å². The molecule has 0 saturated heterocycles. The van der Waals surface area contributed by atoms with Gasteiger partial charge in [0.1, 0.15) is 0 Å². The molecule has 0 aromatic carbocycles. The Balaban J connectivity index is -0.0000000160. The second kappa shape index (κ2) is 99.5. The van der Waals surface area contributed by atoms with Crippen LogP contribution in [0.4, 0.5) is 0 Å². The molecule has 0 saturated carbocycles. The van der Waals surface area contributed by atoms with E-state index in [1.54, 1.807) is 0 Å². The molecule has 0 atom stereocenters. The van der Waals surface area contributed by atoms with Gasteiger partial charge >= 0.3 is 6.15 Å². The van der Waals surface area contributed by atoms with Crippen molar-refractivity contribution in [3.05, 3.63) is 0 Å². The smallest absolute Gasteiger partial charge is 0.373 e. The molecule has 44 valence electrons. The van der Waals surface area contributed by atoms with Crippen LogP contribution in [-0.2, 0) is 14.4 Å². The molecule has 0 heterocycles. The van der Waals surface area contributed by atoms with Crippen LogP contribution in [0, 0.1) is 0 Å². The summed E-state index contributed by atoms with van der Waals surface area (Å²) in [4.78, 5) is 24.6. The molecule has 0 unspecified atom stereocenters. The third-order valence-corrected chi connectivity index (χ3v) is 0. The maximum Gasteiger partial charge on any atom is 0.373 e. The minimum atomic E-state index is -0.250. The van der Waals surface area contributed by atoms with Crippen molar-refractivity contribution in [2.75, 3.05) is 0 Å². The van der Waals surface area contributed by atoms with E-state index in [-0.39, 0.29) is 21.5 Å². The SMILES string of the molecule is C.O=C=O.O=CO.[HH]. The monoisotopic (exact) mass is 108 g/mol. The molecule has 1 N–H and O–H groups in total. The molecule has 0 aromatic heterocycles. The lowest BCUT2D eigenvalue weighted by molar-refractivity contribution is -0.191. The maximum absolute atomic E-state index is 8.36. The summed E-state index contributed by atoms with van der Waals surface area (Å²) in [6, 6.07) is 0. The van der Waals surface area contributed by atoms with Crippen molar-refractivity contribution >= 4 is 12.6 Å². The number of hydrogen-bond acceptors (Lipinski definition) is 3. The van der Waals surface area contributed by atoms with Gasteiger partial charge in [-0.15, -0.1) is 0 Å². The first-order chi connectivity index (χ1) is 2.83. The quantitative estimate of drug-likeness (QED) is 0.443. The lowest BCUT2D eigenvalue weighted by Crippen LogP contribution is -1.49. The summed E-state index contributed by atoms with van der Waals surface area (Å²) >= 11 is 0. The molecule has 0 bridgehead atoms. The van der Waals surface area contributed by atoms with Gasteiger partial charge in [0.05, 0.1) is 0 Å². The Kier molecular flexibility index (Phi) is 241. The summed E-state index contributed by atoms with van der Waals surface area (Å²) in [6.45, 7) is -0.250. The van der Waals surface area contributed by atoms with E-state index in [0.29, 0.717) is 0 Å². The van der Waals surface area contributed by atoms with Gasteiger partial charge < -0.3 is 5.11 Å². The first kappa shape index (κ1) is 16.9. The van der Waals surface area contributed by atoms with Gasteiger partial charge in [-0.1, -0.05) is 7.43 Å². The molecule has 0 amide bonds. The van der Waals surface area contributed by atoms with Gasteiger partial charge in [0.15, 0.2) is 0 Å². The Morgan fingerprint density at radius 3 is 1.57 bits per heavy atom. The largest absolute Gasteiger partial charge is 0.483 e. The minimum absolute atomic E-state index is 0. The summed E-state index contributed by atoms with van der Waals surface area (Å²) in [7, 11) is 0. The molecule has 0 aliphatic carbocycles. The zero-order valence-electron chi connectivity index (χ0n) is 2.75. The van der Waals surface area contributed by atoms with Gasteiger partial charge in [0.25, 0.3) is 6.47 Å². The zero-order valence-corrected chi connectivity index (χ0v) is 2.75. The standard InChI is InChI=1S/CH2O2.CO2.CH4.H2/c2*2-1-3;;/h1H,(H,2,3);;1H4;1H. The summed E-state index contributed by atoms with van der Waals surface area (Å²) in [5.41, 5.74) is 0.